The fourth-order valence-electron chi connectivity index (χ4n) is 1.96. The Labute approximate surface area is 133 Å². The minimum atomic E-state index is 0.374. The molecule has 112 valence electrons. The van der Waals surface area contributed by atoms with Crippen molar-refractivity contribution in [3.63, 3.8) is 0 Å². The van der Waals surface area contributed by atoms with Gasteiger partial charge in [-0.3, -0.25) is 0 Å². The third-order valence-corrected chi connectivity index (χ3v) is 4.37. The third kappa shape index (κ3) is 4.23. The second kappa shape index (κ2) is 7.49. The van der Waals surface area contributed by atoms with Gasteiger partial charge in [-0.25, -0.2) is 4.98 Å². The molecule has 0 aliphatic carbocycles. The zero-order chi connectivity index (χ0) is 15.2. The van der Waals surface area contributed by atoms with Crippen molar-refractivity contribution in [1.29, 1.82) is 0 Å². The van der Waals surface area contributed by atoms with Gasteiger partial charge in [0, 0.05) is 22.4 Å². The first-order valence-electron chi connectivity index (χ1n) is 6.55. The Morgan fingerprint density at radius 1 is 1.43 bits per heavy atom. The molecule has 2 rings (SSSR count). The second-order valence-electron chi connectivity index (χ2n) is 4.55. The average molecular weight is 322 g/mol. The number of nitrogens with zero attached hydrogens (tertiary/aromatic N) is 1. The highest BCUT2D eigenvalue weighted by Gasteiger charge is 2.07. The Morgan fingerprint density at radius 3 is 2.86 bits per heavy atom. The molecule has 0 saturated carbocycles. The number of ether oxygens (including phenoxy) is 2. The molecular weight excluding hydrogens is 304 g/mol. The monoisotopic (exact) mass is 322 g/mol. The summed E-state index contributed by atoms with van der Waals surface area (Å²) in [5.74, 6) is 0.781. The predicted octanol–water partition coefficient (Wildman–Crippen LogP) is 2.85. The summed E-state index contributed by atoms with van der Waals surface area (Å²) in [5, 5.41) is 0. The maximum atomic E-state index is 5.74. The molecule has 0 atom stereocenters. The number of thiazole rings is 1. The molecule has 0 fully saturated rings. The van der Waals surface area contributed by atoms with Crippen LogP contribution in [0.25, 0.3) is 0 Å². The van der Waals surface area contributed by atoms with Crippen LogP contribution in [0.1, 0.15) is 21.7 Å². The molecule has 0 bridgehead atoms. The molecule has 4 nitrogen and oxygen atoms in total. The number of nitrogens with two attached hydrogens (primary N) is 1. The van der Waals surface area contributed by atoms with Gasteiger partial charge in [0.15, 0.2) is 0 Å². The van der Waals surface area contributed by atoms with Crippen LogP contribution in [0.4, 0.5) is 0 Å². The van der Waals surface area contributed by atoms with Crippen LogP contribution in [-0.2, 0) is 17.8 Å². The molecule has 2 aromatic rings. The van der Waals surface area contributed by atoms with Gasteiger partial charge in [0.25, 0.3) is 0 Å². The highest BCUT2D eigenvalue weighted by molar-refractivity contribution is 7.80. The van der Waals surface area contributed by atoms with Crippen molar-refractivity contribution in [3.8, 4) is 5.75 Å². The van der Waals surface area contributed by atoms with E-state index in [2.05, 4.69) is 4.98 Å². The van der Waals surface area contributed by atoms with Gasteiger partial charge in [-0.15, -0.1) is 11.3 Å². The number of hydrogen-bond acceptors (Lipinski definition) is 5. The smallest absolute Gasteiger partial charge is 0.124 e. The summed E-state index contributed by atoms with van der Waals surface area (Å²) in [7, 11) is 1.64. The fraction of sp³-hybridized carbons (Fsp3) is 0.333. The van der Waals surface area contributed by atoms with Gasteiger partial charge in [-0.05, 0) is 25.1 Å². The van der Waals surface area contributed by atoms with E-state index in [1.807, 2.05) is 30.6 Å². The average Bonchev–Trinajstić information content (AvgIpc) is 2.88. The van der Waals surface area contributed by atoms with Crippen molar-refractivity contribution in [3.05, 3.63) is 45.4 Å². The molecule has 0 amide bonds. The van der Waals surface area contributed by atoms with Crippen molar-refractivity contribution >= 4 is 28.5 Å². The fourth-order valence-corrected chi connectivity index (χ4v) is 2.85. The molecule has 1 heterocycles. The van der Waals surface area contributed by atoms with Gasteiger partial charge < -0.3 is 15.2 Å². The minimum Gasteiger partial charge on any atom is -0.496 e. The van der Waals surface area contributed by atoms with E-state index in [4.69, 9.17) is 27.4 Å². The minimum absolute atomic E-state index is 0.374. The summed E-state index contributed by atoms with van der Waals surface area (Å²) in [4.78, 5) is 5.86. The van der Waals surface area contributed by atoms with Crippen LogP contribution in [-0.4, -0.2) is 23.7 Å². The number of aromatic nitrogens is 1. The van der Waals surface area contributed by atoms with E-state index in [0.29, 0.717) is 18.2 Å². The number of methoxy groups -OCH3 is 1. The summed E-state index contributed by atoms with van der Waals surface area (Å²) in [5.41, 5.74) is 10.4. The molecule has 1 aromatic carbocycles. The van der Waals surface area contributed by atoms with Crippen LogP contribution in [0.5, 0.6) is 5.75 Å². The zero-order valence-corrected chi connectivity index (χ0v) is 13.7. The molecule has 0 aliphatic rings. The SMILES string of the molecule is COc1ccc(C(N)=S)cc1COCCc1scnc1C. The summed E-state index contributed by atoms with van der Waals surface area (Å²) in [6, 6.07) is 5.63. The quantitative estimate of drug-likeness (QED) is 0.627. The first-order valence-corrected chi connectivity index (χ1v) is 7.84. The van der Waals surface area contributed by atoms with Gasteiger partial charge in [-0.1, -0.05) is 12.2 Å². The normalized spacial score (nSPS) is 10.6. The molecule has 0 radical (unpaired) electrons. The molecule has 6 heteroatoms. The number of aryl methyl sites for hydroxylation is 1. The van der Waals surface area contributed by atoms with Crippen LogP contribution in [0.2, 0.25) is 0 Å². The first kappa shape index (κ1) is 15.9. The topological polar surface area (TPSA) is 57.4 Å². The van der Waals surface area contributed by atoms with E-state index < -0.39 is 0 Å². The van der Waals surface area contributed by atoms with Crippen LogP contribution in [0.3, 0.4) is 0 Å². The Kier molecular flexibility index (Phi) is 5.67. The van der Waals surface area contributed by atoms with Crippen molar-refractivity contribution in [2.75, 3.05) is 13.7 Å². The van der Waals surface area contributed by atoms with Gasteiger partial charge in [-0.2, -0.15) is 0 Å². The Hall–Kier alpha value is -1.50. The molecule has 0 unspecified atom stereocenters. The van der Waals surface area contributed by atoms with Gasteiger partial charge >= 0.3 is 0 Å². The Morgan fingerprint density at radius 2 is 2.24 bits per heavy atom. The molecule has 1 aromatic heterocycles. The predicted molar refractivity (Wildman–Crippen MR) is 89.1 cm³/mol. The first-order chi connectivity index (χ1) is 10.1. The summed E-state index contributed by atoms with van der Waals surface area (Å²) in [6.45, 7) is 3.13. The molecule has 0 aliphatic heterocycles. The lowest BCUT2D eigenvalue weighted by molar-refractivity contribution is 0.122. The largest absolute Gasteiger partial charge is 0.496 e. The maximum Gasteiger partial charge on any atom is 0.124 e. The van der Waals surface area contributed by atoms with Gasteiger partial charge in [0.1, 0.15) is 10.7 Å². The van der Waals surface area contributed by atoms with Crippen molar-refractivity contribution in [1.82, 2.24) is 4.98 Å². The highest BCUT2D eigenvalue weighted by atomic mass is 32.1. The number of rotatable bonds is 7. The van der Waals surface area contributed by atoms with Crippen LogP contribution < -0.4 is 10.5 Å². The van der Waals surface area contributed by atoms with Crippen LogP contribution in [0, 0.1) is 6.92 Å². The standard InChI is InChI=1S/C15H18N2O2S2/c1-10-14(21-9-17-10)5-6-19-8-12-7-11(15(16)20)3-4-13(12)18-2/h3-4,7,9H,5-6,8H2,1-2H3,(H2,16,20). The molecular formula is C15H18N2O2S2. The van der Waals surface area contributed by atoms with Crippen LogP contribution in [0.15, 0.2) is 23.7 Å². The lowest BCUT2D eigenvalue weighted by Crippen LogP contribution is -2.10. The lowest BCUT2D eigenvalue weighted by atomic mass is 10.1. The van der Waals surface area contributed by atoms with E-state index in [0.717, 1.165) is 29.0 Å². The van der Waals surface area contributed by atoms with E-state index in [-0.39, 0.29) is 0 Å². The Balaban J connectivity index is 1.94. The van der Waals surface area contributed by atoms with E-state index in [1.165, 1.54) is 4.88 Å². The van der Waals surface area contributed by atoms with Crippen LogP contribution >= 0.6 is 23.6 Å². The number of hydrogen-bond donors (Lipinski definition) is 1. The van der Waals surface area contributed by atoms with Crippen molar-refractivity contribution in [2.45, 2.75) is 20.0 Å². The van der Waals surface area contributed by atoms with E-state index in [1.54, 1.807) is 18.4 Å². The zero-order valence-electron chi connectivity index (χ0n) is 12.1. The van der Waals surface area contributed by atoms with Crippen molar-refractivity contribution < 1.29 is 9.47 Å². The van der Waals surface area contributed by atoms with E-state index >= 15 is 0 Å². The van der Waals surface area contributed by atoms with Crippen molar-refractivity contribution in [2.24, 2.45) is 5.73 Å². The molecule has 2 N–H and O–H groups in total. The highest BCUT2D eigenvalue weighted by Crippen LogP contribution is 2.21. The molecule has 21 heavy (non-hydrogen) atoms. The van der Waals surface area contributed by atoms with Gasteiger partial charge in [0.2, 0.25) is 0 Å². The number of benzene rings is 1. The summed E-state index contributed by atoms with van der Waals surface area (Å²) in [6.07, 6.45) is 0.869. The summed E-state index contributed by atoms with van der Waals surface area (Å²) < 4.78 is 11.1. The summed E-state index contributed by atoms with van der Waals surface area (Å²) >= 11 is 6.66. The molecule has 0 spiro atoms. The van der Waals surface area contributed by atoms with Gasteiger partial charge in [0.05, 0.1) is 31.5 Å². The Bertz CT molecular complexity index is 626. The maximum absolute atomic E-state index is 5.74. The third-order valence-electron chi connectivity index (χ3n) is 3.14. The lowest BCUT2D eigenvalue weighted by Gasteiger charge is -2.11. The number of thiocarbonyl (C=S) groups is 1. The molecule has 0 saturated heterocycles. The second-order valence-corrected chi connectivity index (χ2v) is 5.93. The van der Waals surface area contributed by atoms with E-state index in [9.17, 15) is 0 Å².